The number of rotatable bonds is 7. The van der Waals surface area contributed by atoms with E-state index < -0.39 is 24.0 Å². The Morgan fingerprint density at radius 3 is 2.11 bits per heavy atom. The first-order chi connectivity index (χ1) is 12.6. The second-order valence-electron chi connectivity index (χ2n) is 6.60. The molecular formula is C18H26N4O5. The highest BCUT2D eigenvalue weighted by Gasteiger charge is 2.27. The molecule has 0 unspecified atom stereocenters. The number of primary amides is 1. The fourth-order valence-electron chi connectivity index (χ4n) is 2.12. The molecule has 1 aromatic rings. The van der Waals surface area contributed by atoms with E-state index in [1.807, 2.05) is 19.2 Å². The first-order valence-electron chi connectivity index (χ1n) is 8.54. The van der Waals surface area contributed by atoms with Crippen LogP contribution in [0.2, 0.25) is 0 Å². The second-order valence-corrected chi connectivity index (χ2v) is 6.60. The summed E-state index contributed by atoms with van der Waals surface area (Å²) in [5, 5.41) is 7.31. The molecule has 1 aromatic carbocycles. The van der Waals surface area contributed by atoms with Crippen molar-refractivity contribution in [2.45, 2.75) is 46.4 Å². The zero-order valence-electron chi connectivity index (χ0n) is 15.9. The van der Waals surface area contributed by atoms with Crippen LogP contribution in [0.3, 0.4) is 0 Å². The van der Waals surface area contributed by atoms with E-state index in [0.29, 0.717) is 6.54 Å². The summed E-state index contributed by atoms with van der Waals surface area (Å²) in [4.78, 5) is 46.5. The van der Waals surface area contributed by atoms with Crippen molar-refractivity contribution in [3.63, 3.8) is 0 Å². The highest BCUT2D eigenvalue weighted by molar-refractivity contribution is 5.98. The van der Waals surface area contributed by atoms with Crippen LogP contribution in [-0.2, 0) is 16.1 Å². The number of imide groups is 1. The van der Waals surface area contributed by atoms with Gasteiger partial charge in [0.1, 0.15) is 0 Å². The minimum absolute atomic E-state index is 0.0304. The van der Waals surface area contributed by atoms with E-state index in [1.165, 1.54) is 12.1 Å². The van der Waals surface area contributed by atoms with Crippen LogP contribution in [0.4, 0.5) is 9.59 Å². The third-order valence-electron chi connectivity index (χ3n) is 3.41. The Morgan fingerprint density at radius 2 is 1.63 bits per heavy atom. The summed E-state index contributed by atoms with van der Waals surface area (Å²) >= 11 is 0. The van der Waals surface area contributed by atoms with E-state index in [9.17, 15) is 19.2 Å². The van der Waals surface area contributed by atoms with Crippen LogP contribution in [-0.4, -0.2) is 36.1 Å². The zero-order valence-corrected chi connectivity index (χ0v) is 15.9. The molecule has 1 rings (SSSR count). The summed E-state index contributed by atoms with van der Waals surface area (Å²) in [5.74, 6) is -1.83. The molecule has 1 atom stereocenters. The SMILES string of the molecule is CC(C)NC(=O)NCc1ccc(C(=O)O[C@H](C(=O)NC(N)=O)C(C)C)cc1. The maximum absolute atomic E-state index is 12.3. The summed E-state index contributed by atoms with van der Waals surface area (Å²) in [6.07, 6.45) is -1.15. The second kappa shape index (κ2) is 10.1. The summed E-state index contributed by atoms with van der Waals surface area (Å²) in [7, 11) is 0. The summed E-state index contributed by atoms with van der Waals surface area (Å²) in [5.41, 5.74) is 5.95. The Bertz CT molecular complexity index is 685. The van der Waals surface area contributed by atoms with Crippen molar-refractivity contribution in [1.29, 1.82) is 0 Å². The molecule has 0 saturated carbocycles. The molecule has 0 aromatic heterocycles. The zero-order chi connectivity index (χ0) is 20.6. The van der Waals surface area contributed by atoms with Crippen LogP contribution < -0.4 is 21.7 Å². The van der Waals surface area contributed by atoms with Crippen LogP contribution in [0.5, 0.6) is 0 Å². The molecule has 0 aliphatic carbocycles. The maximum Gasteiger partial charge on any atom is 0.338 e. The van der Waals surface area contributed by atoms with Gasteiger partial charge in [0, 0.05) is 12.6 Å². The highest BCUT2D eigenvalue weighted by atomic mass is 16.5. The number of amides is 5. The molecule has 0 aliphatic heterocycles. The molecule has 5 N–H and O–H groups in total. The Balaban J connectivity index is 2.68. The lowest BCUT2D eigenvalue weighted by Crippen LogP contribution is -2.45. The van der Waals surface area contributed by atoms with Gasteiger partial charge in [0.2, 0.25) is 0 Å². The molecule has 0 spiro atoms. The van der Waals surface area contributed by atoms with E-state index >= 15 is 0 Å². The number of hydrogen-bond acceptors (Lipinski definition) is 5. The largest absolute Gasteiger partial charge is 0.448 e. The normalized spacial score (nSPS) is 11.6. The summed E-state index contributed by atoms with van der Waals surface area (Å²) in [6, 6.07) is 5.13. The Hall–Kier alpha value is -3.10. The predicted molar refractivity (Wildman–Crippen MR) is 98.7 cm³/mol. The van der Waals surface area contributed by atoms with Crippen molar-refractivity contribution in [2.24, 2.45) is 11.7 Å². The number of esters is 1. The smallest absolute Gasteiger partial charge is 0.338 e. The molecule has 148 valence electrons. The van der Waals surface area contributed by atoms with Gasteiger partial charge >= 0.3 is 18.0 Å². The maximum atomic E-state index is 12.3. The number of urea groups is 2. The lowest BCUT2D eigenvalue weighted by molar-refractivity contribution is -0.130. The number of nitrogens with one attached hydrogen (secondary N) is 3. The van der Waals surface area contributed by atoms with E-state index in [1.54, 1.807) is 26.0 Å². The monoisotopic (exact) mass is 378 g/mol. The van der Waals surface area contributed by atoms with Crippen molar-refractivity contribution < 1.29 is 23.9 Å². The first kappa shape index (κ1) is 21.9. The molecule has 0 bridgehead atoms. The molecule has 9 nitrogen and oxygen atoms in total. The van der Waals surface area contributed by atoms with Gasteiger partial charge in [-0.3, -0.25) is 10.1 Å². The molecule has 27 heavy (non-hydrogen) atoms. The van der Waals surface area contributed by atoms with Gasteiger partial charge in [-0.1, -0.05) is 26.0 Å². The Morgan fingerprint density at radius 1 is 1.04 bits per heavy atom. The standard InChI is InChI=1S/C18H26N4O5/c1-10(2)14(15(23)22-17(19)25)27-16(24)13-7-5-12(6-8-13)9-20-18(26)21-11(3)4/h5-8,10-11,14H,9H2,1-4H3,(H2,20,21,26)(H3,19,22,23,25)/t14-/m0/s1. The van der Waals surface area contributed by atoms with Crippen LogP contribution >= 0.6 is 0 Å². The van der Waals surface area contributed by atoms with E-state index in [-0.39, 0.29) is 23.6 Å². The van der Waals surface area contributed by atoms with Gasteiger partial charge in [-0.2, -0.15) is 0 Å². The molecule has 0 aliphatic rings. The van der Waals surface area contributed by atoms with Gasteiger partial charge in [-0.15, -0.1) is 0 Å². The number of ether oxygens (including phenoxy) is 1. The topological polar surface area (TPSA) is 140 Å². The number of nitrogens with two attached hydrogens (primary N) is 1. The molecule has 5 amide bonds. The van der Waals surface area contributed by atoms with Gasteiger partial charge in [0.15, 0.2) is 6.10 Å². The van der Waals surface area contributed by atoms with Crippen molar-refractivity contribution in [3.05, 3.63) is 35.4 Å². The summed E-state index contributed by atoms with van der Waals surface area (Å²) in [6.45, 7) is 7.36. The Labute approximate surface area is 158 Å². The predicted octanol–water partition coefficient (Wildman–Crippen LogP) is 1.27. The van der Waals surface area contributed by atoms with Gasteiger partial charge in [-0.25, -0.2) is 14.4 Å². The third-order valence-corrected chi connectivity index (χ3v) is 3.41. The van der Waals surface area contributed by atoms with E-state index in [2.05, 4.69) is 10.6 Å². The summed E-state index contributed by atoms with van der Waals surface area (Å²) < 4.78 is 5.20. The number of benzene rings is 1. The molecule has 0 saturated heterocycles. The molecule has 0 heterocycles. The van der Waals surface area contributed by atoms with E-state index in [0.717, 1.165) is 5.56 Å². The van der Waals surface area contributed by atoms with Gasteiger partial charge < -0.3 is 21.1 Å². The fourth-order valence-corrected chi connectivity index (χ4v) is 2.12. The van der Waals surface area contributed by atoms with Crippen LogP contribution in [0.25, 0.3) is 0 Å². The van der Waals surface area contributed by atoms with Gasteiger partial charge in [0.05, 0.1) is 5.56 Å². The third kappa shape index (κ3) is 7.76. The lowest BCUT2D eigenvalue weighted by atomic mass is 10.1. The highest BCUT2D eigenvalue weighted by Crippen LogP contribution is 2.12. The van der Waals surface area contributed by atoms with Gasteiger partial charge in [0.25, 0.3) is 5.91 Å². The number of hydrogen-bond donors (Lipinski definition) is 4. The molecule has 0 fully saturated rings. The number of carbonyl (C=O) groups excluding carboxylic acids is 4. The first-order valence-corrected chi connectivity index (χ1v) is 8.54. The van der Waals surface area contributed by atoms with Gasteiger partial charge in [-0.05, 0) is 37.5 Å². The van der Waals surface area contributed by atoms with Crippen LogP contribution in [0.1, 0.15) is 43.6 Å². The molecular weight excluding hydrogens is 352 g/mol. The minimum Gasteiger partial charge on any atom is -0.448 e. The number of carbonyl (C=O) groups is 4. The van der Waals surface area contributed by atoms with Crippen molar-refractivity contribution in [3.8, 4) is 0 Å². The lowest BCUT2D eigenvalue weighted by Gasteiger charge is -2.19. The molecule has 0 radical (unpaired) electrons. The van der Waals surface area contributed by atoms with Crippen LogP contribution in [0.15, 0.2) is 24.3 Å². The average Bonchev–Trinajstić information content (AvgIpc) is 2.56. The molecule has 9 heteroatoms. The van der Waals surface area contributed by atoms with Crippen molar-refractivity contribution in [2.75, 3.05) is 0 Å². The fraction of sp³-hybridized carbons (Fsp3) is 0.444. The minimum atomic E-state index is -1.15. The van der Waals surface area contributed by atoms with Crippen molar-refractivity contribution in [1.82, 2.24) is 16.0 Å². The van der Waals surface area contributed by atoms with E-state index in [4.69, 9.17) is 10.5 Å². The Kier molecular flexibility index (Phi) is 8.25. The van der Waals surface area contributed by atoms with Crippen LogP contribution in [0, 0.1) is 5.92 Å². The quantitative estimate of drug-likeness (QED) is 0.529. The van der Waals surface area contributed by atoms with Crippen molar-refractivity contribution >= 4 is 23.9 Å². The average molecular weight is 378 g/mol.